The molecule has 1 aliphatic rings. The number of aromatic nitrogens is 2. The average molecular weight is 425 g/mol. The van der Waals surface area contributed by atoms with Crippen LogP contribution in [0.15, 0.2) is 30.5 Å². The molecule has 3 heterocycles. The minimum absolute atomic E-state index is 0.0401. The molecule has 0 saturated carbocycles. The SMILES string of the molecule is CC(=O)N1Cc2cccnc2C(C(=O)NCCc2c(C)[nH]c3c(C)ccc(Cl)c23)C1. The van der Waals surface area contributed by atoms with E-state index in [4.69, 9.17) is 11.6 Å². The highest BCUT2D eigenvalue weighted by molar-refractivity contribution is 6.35. The van der Waals surface area contributed by atoms with E-state index in [9.17, 15) is 9.59 Å². The molecule has 0 bridgehead atoms. The summed E-state index contributed by atoms with van der Waals surface area (Å²) < 4.78 is 0. The molecule has 0 spiro atoms. The van der Waals surface area contributed by atoms with Gasteiger partial charge in [-0.2, -0.15) is 0 Å². The molecular formula is C23H25ClN4O2. The number of pyridine rings is 1. The van der Waals surface area contributed by atoms with Crippen LogP contribution in [0.3, 0.4) is 0 Å². The molecule has 0 aliphatic carbocycles. The van der Waals surface area contributed by atoms with Gasteiger partial charge in [-0.15, -0.1) is 0 Å². The van der Waals surface area contributed by atoms with Gasteiger partial charge in [0.25, 0.3) is 0 Å². The summed E-state index contributed by atoms with van der Waals surface area (Å²) in [7, 11) is 0. The van der Waals surface area contributed by atoms with Crippen LogP contribution >= 0.6 is 11.6 Å². The van der Waals surface area contributed by atoms with Gasteiger partial charge in [-0.05, 0) is 49.1 Å². The van der Waals surface area contributed by atoms with Crippen LogP contribution in [0, 0.1) is 13.8 Å². The van der Waals surface area contributed by atoms with Crippen molar-refractivity contribution in [3.8, 4) is 0 Å². The number of rotatable bonds is 4. The zero-order valence-corrected chi connectivity index (χ0v) is 18.1. The summed E-state index contributed by atoms with van der Waals surface area (Å²) in [6.07, 6.45) is 2.36. The van der Waals surface area contributed by atoms with Crippen molar-refractivity contribution in [1.82, 2.24) is 20.2 Å². The van der Waals surface area contributed by atoms with Crippen LogP contribution in [-0.4, -0.2) is 39.8 Å². The summed E-state index contributed by atoms with van der Waals surface area (Å²) in [4.78, 5) is 34.5. The fourth-order valence-electron chi connectivity index (χ4n) is 4.26. The molecule has 0 fully saturated rings. The number of nitrogens with one attached hydrogen (secondary N) is 2. The van der Waals surface area contributed by atoms with Crippen LogP contribution in [0.5, 0.6) is 0 Å². The topological polar surface area (TPSA) is 78.1 Å². The Balaban J connectivity index is 1.51. The number of benzene rings is 1. The average Bonchev–Trinajstić information content (AvgIpc) is 3.07. The molecule has 1 unspecified atom stereocenters. The van der Waals surface area contributed by atoms with E-state index in [0.717, 1.165) is 39.0 Å². The number of carbonyl (C=O) groups is 2. The van der Waals surface area contributed by atoms with Crippen LogP contribution in [0.4, 0.5) is 0 Å². The van der Waals surface area contributed by atoms with Crippen molar-refractivity contribution in [2.75, 3.05) is 13.1 Å². The van der Waals surface area contributed by atoms with Gasteiger partial charge in [-0.3, -0.25) is 14.6 Å². The smallest absolute Gasteiger partial charge is 0.230 e. The Labute approximate surface area is 180 Å². The van der Waals surface area contributed by atoms with Crippen molar-refractivity contribution in [2.24, 2.45) is 0 Å². The maximum absolute atomic E-state index is 13.0. The molecule has 0 radical (unpaired) electrons. The summed E-state index contributed by atoms with van der Waals surface area (Å²) in [6, 6.07) is 7.68. The lowest BCUT2D eigenvalue weighted by Gasteiger charge is -2.32. The van der Waals surface area contributed by atoms with E-state index < -0.39 is 5.92 Å². The number of carbonyl (C=O) groups excluding carboxylic acids is 2. The van der Waals surface area contributed by atoms with Gasteiger partial charge < -0.3 is 15.2 Å². The summed E-state index contributed by atoms with van der Waals surface area (Å²) in [5.74, 6) is -0.615. The maximum Gasteiger partial charge on any atom is 0.230 e. The van der Waals surface area contributed by atoms with Crippen LogP contribution in [0.2, 0.25) is 5.02 Å². The van der Waals surface area contributed by atoms with E-state index in [2.05, 4.69) is 22.2 Å². The van der Waals surface area contributed by atoms with Crippen LogP contribution in [-0.2, 0) is 22.6 Å². The third-order valence-electron chi connectivity index (χ3n) is 5.89. The maximum atomic E-state index is 13.0. The first-order chi connectivity index (χ1) is 14.4. The van der Waals surface area contributed by atoms with E-state index in [-0.39, 0.29) is 11.8 Å². The first kappa shape index (κ1) is 20.4. The summed E-state index contributed by atoms with van der Waals surface area (Å²) >= 11 is 6.46. The lowest BCUT2D eigenvalue weighted by atomic mass is 9.93. The predicted molar refractivity (Wildman–Crippen MR) is 118 cm³/mol. The molecule has 6 nitrogen and oxygen atoms in total. The van der Waals surface area contributed by atoms with E-state index in [1.807, 2.05) is 31.2 Å². The molecule has 0 saturated heterocycles. The first-order valence-electron chi connectivity index (χ1n) is 10.1. The summed E-state index contributed by atoms with van der Waals surface area (Å²) in [5, 5.41) is 4.78. The minimum Gasteiger partial charge on any atom is -0.358 e. The lowest BCUT2D eigenvalue weighted by Crippen LogP contribution is -2.43. The highest BCUT2D eigenvalue weighted by Gasteiger charge is 2.32. The molecule has 3 aromatic rings. The van der Waals surface area contributed by atoms with Crippen LogP contribution < -0.4 is 5.32 Å². The summed E-state index contributed by atoms with van der Waals surface area (Å²) in [6.45, 7) is 6.93. The Morgan fingerprint density at radius 2 is 2.10 bits per heavy atom. The Bertz CT molecular complexity index is 1140. The Morgan fingerprint density at radius 1 is 1.30 bits per heavy atom. The van der Waals surface area contributed by atoms with E-state index in [1.54, 1.807) is 11.1 Å². The number of hydrogen-bond acceptors (Lipinski definition) is 3. The molecular weight excluding hydrogens is 400 g/mol. The van der Waals surface area contributed by atoms with Crippen LogP contribution in [0.1, 0.15) is 40.9 Å². The standard InChI is InChI=1S/C23H25ClN4O2/c1-13-6-7-19(24)20-17(14(2)27-21(13)20)8-10-26-23(30)18-12-28(15(3)29)11-16-5-4-9-25-22(16)18/h4-7,9,18,27H,8,10-12H2,1-3H3,(H,26,30). The van der Waals surface area contributed by atoms with Gasteiger partial charge in [0.2, 0.25) is 11.8 Å². The number of nitrogens with zero attached hydrogens (tertiary/aromatic N) is 2. The fourth-order valence-corrected chi connectivity index (χ4v) is 4.53. The third-order valence-corrected chi connectivity index (χ3v) is 6.20. The molecule has 2 aromatic heterocycles. The van der Waals surface area contributed by atoms with Gasteiger partial charge in [0, 0.05) is 43.8 Å². The minimum atomic E-state index is -0.464. The zero-order valence-electron chi connectivity index (χ0n) is 17.4. The second-order valence-electron chi connectivity index (χ2n) is 7.88. The lowest BCUT2D eigenvalue weighted by molar-refractivity contribution is -0.131. The van der Waals surface area contributed by atoms with Crippen molar-refractivity contribution in [2.45, 2.75) is 39.7 Å². The van der Waals surface area contributed by atoms with Gasteiger partial charge in [0.05, 0.1) is 22.2 Å². The number of hydrogen-bond donors (Lipinski definition) is 2. The van der Waals surface area contributed by atoms with Crippen molar-refractivity contribution < 1.29 is 9.59 Å². The highest BCUT2D eigenvalue weighted by Crippen LogP contribution is 2.32. The molecule has 1 aromatic carbocycles. The van der Waals surface area contributed by atoms with Crippen molar-refractivity contribution >= 4 is 34.3 Å². The van der Waals surface area contributed by atoms with Crippen molar-refractivity contribution in [1.29, 1.82) is 0 Å². The number of fused-ring (bicyclic) bond motifs is 2. The molecule has 156 valence electrons. The Kier molecular flexibility index (Phi) is 5.52. The summed E-state index contributed by atoms with van der Waals surface area (Å²) in [5.41, 5.74) is 6.04. The van der Waals surface area contributed by atoms with Gasteiger partial charge in [0.1, 0.15) is 0 Å². The van der Waals surface area contributed by atoms with E-state index >= 15 is 0 Å². The van der Waals surface area contributed by atoms with Gasteiger partial charge in [-0.25, -0.2) is 0 Å². The van der Waals surface area contributed by atoms with Crippen molar-refractivity contribution in [3.63, 3.8) is 0 Å². The van der Waals surface area contributed by atoms with E-state index in [1.165, 1.54) is 6.92 Å². The first-order valence-corrected chi connectivity index (χ1v) is 10.5. The molecule has 1 atom stereocenters. The molecule has 2 amide bonds. The number of amides is 2. The number of aromatic amines is 1. The highest BCUT2D eigenvalue weighted by atomic mass is 35.5. The normalized spacial score (nSPS) is 15.9. The van der Waals surface area contributed by atoms with Crippen molar-refractivity contribution in [3.05, 3.63) is 63.6 Å². The van der Waals surface area contributed by atoms with Crippen LogP contribution in [0.25, 0.3) is 10.9 Å². The number of aryl methyl sites for hydroxylation is 2. The molecule has 4 rings (SSSR count). The molecule has 30 heavy (non-hydrogen) atoms. The third kappa shape index (κ3) is 3.67. The second kappa shape index (κ2) is 8.11. The second-order valence-corrected chi connectivity index (χ2v) is 8.29. The zero-order chi connectivity index (χ0) is 21.4. The van der Waals surface area contributed by atoms with Gasteiger partial charge in [0.15, 0.2) is 0 Å². The fraction of sp³-hybridized carbons (Fsp3) is 0.348. The Morgan fingerprint density at radius 3 is 2.87 bits per heavy atom. The number of H-pyrrole nitrogens is 1. The number of halogens is 1. The molecule has 7 heteroatoms. The largest absolute Gasteiger partial charge is 0.358 e. The van der Waals surface area contributed by atoms with Gasteiger partial charge >= 0.3 is 0 Å². The quantitative estimate of drug-likeness (QED) is 0.671. The molecule has 2 N–H and O–H groups in total. The monoisotopic (exact) mass is 424 g/mol. The Hall–Kier alpha value is -2.86. The van der Waals surface area contributed by atoms with E-state index in [0.29, 0.717) is 31.1 Å². The van der Waals surface area contributed by atoms with Gasteiger partial charge in [-0.1, -0.05) is 23.7 Å². The molecule has 1 aliphatic heterocycles. The predicted octanol–water partition coefficient (Wildman–Crippen LogP) is 3.64.